The van der Waals surface area contributed by atoms with Gasteiger partial charge in [-0.15, -0.1) is 5.10 Å². The van der Waals surface area contributed by atoms with Gasteiger partial charge in [0.1, 0.15) is 5.69 Å². The number of aliphatic hydroxyl groups excluding tert-OH is 1. The third kappa shape index (κ3) is 12.7. The van der Waals surface area contributed by atoms with Crippen molar-refractivity contribution < 1.29 is 24.1 Å². The number of nitrogens with two attached hydrogens (primary N) is 1. The van der Waals surface area contributed by atoms with E-state index < -0.39 is 12.1 Å². The minimum Gasteiger partial charge on any atom is -0.493 e. The van der Waals surface area contributed by atoms with Crippen LogP contribution < -0.4 is 20.5 Å². The summed E-state index contributed by atoms with van der Waals surface area (Å²) >= 11 is 0. The van der Waals surface area contributed by atoms with E-state index in [1.165, 1.54) is 5.56 Å². The SMILES string of the molecule is COCCCOc1cc(C[C@@H](C[C@H](N)[C@@H](O)C[C@H](C(=O)NCC(C)(C)Cn2cc(-c3ccc(C)cc3)nn2)C(C)C)C(C)C)ccc1OC. The first-order valence-corrected chi connectivity index (χ1v) is 17.7. The van der Waals surface area contributed by atoms with Crippen molar-refractivity contribution in [1.82, 2.24) is 20.3 Å². The van der Waals surface area contributed by atoms with E-state index >= 15 is 0 Å². The molecule has 0 aliphatic heterocycles. The summed E-state index contributed by atoms with van der Waals surface area (Å²) in [6.45, 7) is 16.9. The number of aromatic nitrogens is 3. The lowest BCUT2D eigenvalue weighted by atomic mass is 9.80. The highest BCUT2D eigenvalue weighted by molar-refractivity contribution is 5.79. The molecule has 1 heterocycles. The summed E-state index contributed by atoms with van der Waals surface area (Å²) in [6, 6.07) is 13.8. The Balaban J connectivity index is 1.56. The average Bonchev–Trinajstić information content (AvgIpc) is 3.51. The van der Waals surface area contributed by atoms with Crippen LogP contribution in [0.2, 0.25) is 0 Å². The van der Waals surface area contributed by atoms with Crippen molar-refractivity contribution in [3.8, 4) is 22.8 Å². The topological polar surface area (TPSA) is 134 Å². The van der Waals surface area contributed by atoms with E-state index in [2.05, 4.69) is 68.4 Å². The second-order valence-corrected chi connectivity index (χ2v) is 15.0. The number of ether oxygens (including phenoxy) is 3. The summed E-state index contributed by atoms with van der Waals surface area (Å²) in [7, 11) is 3.32. The van der Waals surface area contributed by atoms with E-state index in [0.29, 0.717) is 56.6 Å². The van der Waals surface area contributed by atoms with Gasteiger partial charge in [-0.3, -0.25) is 9.48 Å². The Morgan fingerprint density at radius 3 is 2.35 bits per heavy atom. The number of methoxy groups -OCH3 is 2. The molecule has 0 saturated heterocycles. The molecule has 10 nitrogen and oxygen atoms in total. The zero-order valence-electron chi connectivity index (χ0n) is 31.2. The van der Waals surface area contributed by atoms with Crippen LogP contribution in [0.3, 0.4) is 0 Å². The molecule has 1 aromatic heterocycles. The number of nitrogens with one attached hydrogen (secondary N) is 1. The normalized spacial score (nSPS) is 14.5. The van der Waals surface area contributed by atoms with Crippen molar-refractivity contribution in [3.63, 3.8) is 0 Å². The fraction of sp³-hybridized carbons (Fsp3) is 0.615. The van der Waals surface area contributed by atoms with Gasteiger partial charge in [0.2, 0.25) is 5.91 Å². The lowest BCUT2D eigenvalue weighted by molar-refractivity contribution is -0.128. The van der Waals surface area contributed by atoms with Gasteiger partial charge in [0.15, 0.2) is 11.5 Å². The molecule has 0 saturated carbocycles. The first kappa shape index (κ1) is 40.0. The molecule has 0 aliphatic rings. The Kier molecular flexibility index (Phi) is 15.5. The number of hydrogen-bond donors (Lipinski definition) is 3. The fourth-order valence-electron chi connectivity index (χ4n) is 6.05. The van der Waals surface area contributed by atoms with Crippen LogP contribution in [0.15, 0.2) is 48.7 Å². The van der Waals surface area contributed by atoms with Crippen LogP contribution in [0.1, 0.15) is 71.9 Å². The second kappa shape index (κ2) is 19.1. The number of aliphatic hydroxyl groups is 1. The largest absolute Gasteiger partial charge is 0.493 e. The molecule has 272 valence electrons. The Morgan fingerprint density at radius 1 is 1.00 bits per heavy atom. The van der Waals surface area contributed by atoms with Crippen LogP contribution in [-0.2, 0) is 22.5 Å². The molecule has 0 radical (unpaired) electrons. The second-order valence-electron chi connectivity index (χ2n) is 15.0. The van der Waals surface area contributed by atoms with Crippen molar-refractivity contribution in [3.05, 3.63) is 59.8 Å². The minimum atomic E-state index is -0.807. The first-order valence-electron chi connectivity index (χ1n) is 17.7. The maximum atomic E-state index is 13.5. The van der Waals surface area contributed by atoms with Gasteiger partial charge in [0.05, 0.1) is 26.0 Å². The third-order valence-electron chi connectivity index (χ3n) is 9.34. The Labute approximate surface area is 294 Å². The van der Waals surface area contributed by atoms with Crippen molar-refractivity contribution in [2.75, 3.05) is 34.0 Å². The first-order chi connectivity index (χ1) is 23.2. The summed E-state index contributed by atoms with van der Waals surface area (Å²) in [6.07, 6.45) is 3.66. The zero-order chi connectivity index (χ0) is 36.1. The van der Waals surface area contributed by atoms with Crippen LogP contribution in [0.4, 0.5) is 0 Å². The van der Waals surface area contributed by atoms with E-state index in [0.717, 1.165) is 29.7 Å². The number of rotatable bonds is 21. The molecule has 2 aromatic carbocycles. The molecule has 0 spiro atoms. The predicted octanol–water partition coefficient (Wildman–Crippen LogP) is 6.08. The molecule has 1 amide bonds. The molecule has 4 atom stereocenters. The molecular formula is C39H61N5O5. The lowest BCUT2D eigenvalue weighted by Crippen LogP contribution is -2.44. The Hall–Kier alpha value is -3.47. The van der Waals surface area contributed by atoms with E-state index in [1.807, 2.05) is 49.0 Å². The van der Waals surface area contributed by atoms with Gasteiger partial charge in [-0.1, -0.05) is 82.7 Å². The monoisotopic (exact) mass is 679 g/mol. The molecule has 0 unspecified atom stereocenters. The molecule has 3 rings (SSSR count). The molecule has 4 N–H and O–H groups in total. The summed E-state index contributed by atoms with van der Waals surface area (Å²) in [5.74, 6) is 1.59. The number of carbonyl (C=O) groups excluding carboxylic acids is 1. The van der Waals surface area contributed by atoms with Gasteiger partial charge in [0, 0.05) is 56.2 Å². The standard InChI is InChI=1S/C39H61N5O5/c1-26(2)31(19-29-13-16-36(48-9)37(20-29)49-18-10-17-47-8)21-33(40)35(45)22-32(27(3)4)38(46)41-24-39(6,7)25-44-23-34(42-43-44)30-14-11-28(5)12-15-30/h11-16,20,23,26-27,31-33,35,45H,10,17-19,21-22,24-25,40H2,1-9H3,(H,41,46)/t31-,32-,33-,35-/m0/s1. The van der Waals surface area contributed by atoms with E-state index in [-0.39, 0.29) is 29.1 Å². The van der Waals surface area contributed by atoms with E-state index in [1.54, 1.807) is 14.2 Å². The van der Waals surface area contributed by atoms with Crippen molar-refractivity contribution in [2.45, 2.75) is 92.8 Å². The molecule has 0 fully saturated rings. The maximum absolute atomic E-state index is 13.5. The van der Waals surface area contributed by atoms with Crippen molar-refractivity contribution in [2.24, 2.45) is 34.8 Å². The van der Waals surface area contributed by atoms with Crippen LogP contribution in [0, 0.1) is 36.0 Å². The molecule has 49 heavy (non-hydrogen) atoms. The van der Waals surface area contributed by atoms with Gasteiger partial charge in [-0.05, 0) is 61.6 Å². The van der Waals surface area contributed by atoms with E-state index in [4.69, 9.17) is 19.9 Å². The average molecular weight is 680 g/mol. The van der Waals surface area contributed by atoms with E-state index in [9.17, 15) is 9.90 Å². The molecule has 3 aromatic rings. The van der Waals surface area contributed by atoms with Gasteiger partial charge >= 0.3 is 0 Å². The quantitative estimate of drug-likeness (QED) is 0.116. The summed E-state index contributed by atoms with van der Waals surface area (Å²) < 4.78 is 18.5. The number of amides is 1. The molecule has 0 aliphatic carbocycles. The van der Waals surface area contributed by atoms with Crippen LogP contribution >= 0.6 is 0 Å². The highest BCUT2D eigenvalue weighted by Gasteiger charge is 2.31. The summed E-state index contributed by atoms with van der Waals surface area (Å²) in [4.78, 5) is 13.5. The minimum absolute atomic E-state index is 0.0415. The zero-order valence-corrected chi connectivity index (χ0v) is 31.2. The smallest absolute Gasteiger partial charge is 0.223 e. The Bertz CT molecular complexity index is 1420. The molecular weight excluding hydrogens is 618 g/mol. The molecule has 0 bridgehead atoms. The number of benzene rings is 2. The number of carbonyl (C=O) groups is 1. The summed E-state index contributed by atoms with van der Waals surface area (Å²) in [5, 5.41) is 23.1. The number of aryl methyl sites for hydroxylation is 1. The summed E-state index contributed by atoms with van der Waals surface area (Å²) in [5.41, 5.74) is 10.5. The van der Waals surface area contributed by atoms with Crippen molar-refractivity contribution >= 4 is 5.91 Å². The molecule has 10 heteroatoms. The predicted molar refractivity (Wildman–Crippen MR) is 196 cm³/mol. The Morgan fingerprint density at radius 2 is 1.71 bits per heavy atom. The van der Waals surface area contributed by atoms with Gasteiger partial charge in [0.25, 0.3) is 0 Å². The highest BCUT2D eigenvalue weighted by atomic mass is 16.5. The lowest BCUT2D eigenvalue weighted by Gasteiger charge is -2.31. The maximum Gasteiger partial charge on any atom is 0.223 e. The third-order valence-corrected chi connectivity index (χ3v) is 9.34. The number of nitrogens with zero attached hydrogens (tertiary/aromatic N) is 3. The van der Waals surface area contributed by atoms with Gasteiger partial charge in [-0.25, -0.2) is 0 Å². The number of hydrogen-bond acceptors (Lipinski definition) is 8. The highest BCUT2D eigenvalue weighted by Crippen LogP contribution is 2.32. The van der Waals surface area contributed by atoms with Gasteiger partial charge in [-0.2, -0.15) is 0 Å². The van der Waals surface area contributed by atoms with Crippen LogP contribution in [0.25, 0.3) is 11.3 Å². The van der Waals surface area contributed by atoms with Gasteiger partial charge < -0.3 is 30.4 Å². The van der Waals surface area contributed by atoms with Crippen LogP contribution in [-0.4, -0.2) is 72.1 Å². The van der Waals surface area contributed by atoms with Crippen LogP contribution in [0.5, 0.6) is 11.5 Å². The van der Waals surface area contributed by atoms with Crippen molar-refractivity contribution in [1.29, 1.82) is 0 Å². The fourth-order valence-corrected chi connectivity index (χ4v) is 6.05.